The van der Waals surface area contributed by atoms with Crippen LogP contribution >= 0.6 is 0 Å². The second kappa shape index (κ2) is 5.52. The normalized spacial score (nSPS) is 17.1. The molecular formula is C16H17N3O2. The lowest BCUT2D eigenvalue weighted by Crippen LogP contribution is -2.19. The third-order valence-corrected chi connectivity index (χ3v) is 3.75. The van der Waals surface area contributed by atoms with Crippen molar-refractivity contribution in [2.75, 3.05) is 5.32 Å². The van der Waals surface area contributed by atoms with E-state index in [0.29, 0.717) is 11.6 Å². The number of anilines is 1. The van der Waals surface area contributed by atoms with Gasteiger partial charge in [0.15, 0.2) is 5.69 Å². The van der Waals surface area contributed by atoms with Crippen LogP contribution in [0.5, 0.6) is 0 Å². The van der Waals surface area contributed by atoms with Crippen LogP contribution in [0.4, 0.5) is 5.95 Å². The van der Waals surface area contributed by atoms with Crippen LogP contribution in [-0.4, -0.2) is 21.0 Å². The van der Waals surface area contributed by atoms with Gasteiger partial charge in [0.25, 0.3) is 0 Å². The van der Waals surface area contributed by atoms with E-state index in [1.807, 2.05) is 12.1 Å². The summed E-state index contributed by atoms with van der Waals surface area (Å²) in [6, 6.07) is 9.94. The Balaban J connectivity index is 1.90. The Morgan fingerprint density at radius 3 is 2.95 bits per heavy atom. The summed E-state index contributed by atoms with van der Waals surface area (Å²) in [6.45, 7) is 1.77. The first-order valence-electron chi connectivity index (χ1n) is 7.07. The maximum Gasteiger partial charge on any atom is 0.354 e. The average molecular weight is 283 g/mol. The van der Waals surface area contributed by atoms with Gasteiger partial charge in [0.2, 0.25) is 5.95 Å². The molecule has 3 rings (SSSR count). The number of carbonyl (C=O) groups is 1. The SMILES string of the molecule is Cc1cc(C(=O)O)nc(NC2CCCc3ccccc32)n1. The van der Waals surface area contributed by atoms with Gasteiger partial charge in [-0.1, -0.05) is 24.3 Å². The topological polar surface area (TPSA) is 75.1 Å². The van der Waals surface area contributed by atoms with Gasteiger partial charge in [-0.05, 0) is 43.4 Å². The van der Waals surface area contributed by atoms with E-state index in [1.54, 1.807) is 6.92 Å². The van der Waals surface area contributed by atoms with Gasteiger partial charge in [-0.3, -0.25) is 0 Å². The Kier molecular flexibility index (Phi) is 3.56. The van der Waals surface area contributed by atoms with Crippen molar-refractivity contribution in [3.05, 3.63) is 52.8 Å². The molecule has 0 saturated heterocycles. The van der Waals surface area contributed by atoms with Gasteiger partial charge in [-0.15, -0.1) is 0 Å². The van der Waals surface area contributed by atoms with Crippen molar-refractivity contribution < 1.29 is 9.90 Å². The predicted octanol–water partition coefficient (Wildman–Crippen LogP) is 2.97. The average Bonchev–Trinajstić information content (AvgIpc) is 2.47. The lowest BCUT2D eigenvalue weighted by Gasteiger charge is -2.26. The zero-order valence-electron chi connectivity index (χ0n) is 11.8. The van der Waals surface area contributed by atoms with E-state index in [4.69, 9.17) is 5.11 Å². The van der Waals surface area contributed by atoms with Gasteiger partial charge in [-0.25, -0.2) is 14.8 Å². The molecule has 21 heavy (non-hydrogen) atoms. The molecule has 5 nitrogen and oxygen atoms in total. The third-order valence-electron chi connectivity index (χ3n) is 3.75. The standard InChI is InChI=1S/C16H17N3O2/c1-10-9-14(15(20)21)19-16(17-10)18-13-8-4-6-11-5-2-3-7-12(11)13/h2-3,5,7,9,13H,4,6,8H2,1H3,(H,20,21)(H,17,18,19). The van der Waals surface area contributed by atoms with Crippen molar-refractivity contribution in [2.45, 2.75) is 32.2 Å². The molecule has 1 atom stereocenters. The van der Waals surface area contributed by atoms with Gasteiger partial charge >= 0.3 is 5.97 Å². The molecule has 1 aromatic carbocycles. The first kappa shape index (κ1) is 13.5. The minimum Gasteiger partial charge on any atom is -0.477 e. The molecule has 0 fully saturated rings. The molecule has 1 aromatic heterocycles. The van der Waals surface area contributed by atoms with Crippen LogP contribution in [-0.2, 0) is 6.42 Å². The highest BCUT2D eigenvalue weighted by Crippen LogP contribution is 2.31. The Morgan fingerprint density at radius 2 is 2.14 bits per heavy atom. The number of aryl methyl sites for hydroxylation is 2. The highest BCUT2D eigenvalue weighted by molar-refractivity contribution is 5.85. The van der Waals surface area contributed by atoms with Crippen LogP contribution in [0.1, 0.15) is 46.2 Å². The zero-order chi connectivity index (χ0) is 14.8. The summed E-state index contributed by atoms with van der Waals surface area (Å²) in [5.74, 6) is -0.651. The molecule has 108 valence electrons. The van der Waals surface area contributed by atoms with Crippen LogP contribution in [0, 0.1) is 6.92 Å². The number of carboxylic acids is 1. The highest BCUT2D eigenvalue weighted by atomic mass is 16.4. The van der Waals surface area contributed by atoms with E-state index in [-0.39, 0.29) is 11.7 Å². The van der Waals surface area contributed by atoms with E-state index >= 15 is 0 Å². The first-order chi connectivity index (χ1) is 10.1. The number of hydrogen-bond acceptors (Lipinski definition) is 4. The summed E-state index contributed by atoms with van der Waals surface area (Å²) in [5, 5.41) is 12.4. The molecule has 1 heterocycles. The number of fused-ring (bicyclic) bond motifs is 1. The Labute approximate surface area is 123 Å². The number of rotatable bonds is 3. The summed E-state index contributed by atoms with van der Waals surface area (Å²) in [5.41, 5.74) is 3.26. The van der Waals surface area contributed by atoms with Crippen LogP contribution in [0.3, 0.4) is 0 Å². The number of carboxylic acid groups (broad SMARTS) is 1. The zero-order valence-corrected chi connectivity index (χ0v) is 11.8. The largest absolute Gasteiger partial charge is 0.477 e. The lowest BCUT2D eigenvalue weighted by atomic mass is 9.88. The Bertz CT molecular complexity index is 685. The molecule has 0 bridgehead atoms. The molecule has 2 N–H and O–H groups in total. The fourth-order valence-corrected chi connectivity index (χ4v) is 2.80. The molecule has 1 aliphatic carbocycles. The maximum atomic E-state index is 11.1. The molecule has 0 saturated carbocycles. The number of benzene rings is 1. The van der Waals surface area contributed by atoms with Crippen molar-refractivity contribution in [3.8, 4) is 0 Å². The smallest absolute Gasteiger partial charge is 0.354 e. The Morgan fingerprint density at radius 1 is 1.33 bits per heavy atom. The monoisotopic (exact) mass is 283 g/mol. The molecule has 5 heteroatoms. The van der Waals surface area contributed by atoms with Gasteiger partial charge in [-0.2, -0.15) is 0 Å². The van der Waals surface area contributed by atoms with E-state index in [1.165, 1.54) is 17.2 Å². The molecule has 0 spiro atoms. The second-order valence-electron chi connectivity index (χ2n) is 5.31. The van der Waals surface area contributed by atoms with Crippen molar-refractivity contribution in [2.24, 2.45) is 0 Å². The minimum absolute atomic E-state index is 0.0223. The fourth-order valence-electron chi connectivity index (χ4n) is 2.80. The summed E-state index contributed by atoms with van der Waals surface area (Å²) in [7, 11) is 0. The first-order valence-corrected chi connectivity index (χ1v) is 7.07. The molecule has 1 aliphatic rings. The Hall–Kier alpha value is -2.43. The van der Waals surface area contributed by atoms with Crippen LogP contribution < -0.4 is 5.32 Å². The molecular weight excluding hydrogens is 266 g/mol. The molecule has 2 aromatic rings. The van der Waals surface area contributed by atoms with Crippen molar-refractivity contribution in [1.82, 2.24) is 9.97 Å². The van der Waals surface area contributed by atoms with Crippen molar-refractivity contribution in [3.63, 3.8) is 0 Å². The van der Waals surface area contributed by atoms with Gasteiger partial charge < -0.3 is 10.4 Å². The summed E-state index contributed by atoms with van der Waals surface area (Å²) in [6.07, 6.45) is 3.19. The lowest BCUT2D eigenvalue weighted by molar-refractivity contribution is 0.0690. The molecule has 1 unspecified atom stereocenters. The highest BCUT2D eigenvalue weighted by Gasteiger charge is 2.21. The number of nitrogens with one attached hydrogen (secondary N) is 1. The van der Waals surface area contributed by atoms with Crippen LogP contribution in [0.2, 0.25) is 0 Å². The second-order valence-corrected chi connectivity index (χ2v) is 5.31. The minimum atomic E-state index is -1.03. The van der Waals surface area contributed by atoms with Crippen molar-refractivity contribution in [1.29, 1.82) is 0 Å². The van der Waals surface area contributed by atoms with E-state index < -0.39 is 5.97 Å². The molecule has 0 amide bonds. The van der Waals surface area contributed by atoms with Crippen molar-refractivity contribution >= 4 is 11.9 Å². The number of nitrogens with zero attached hydrogens (tertiary/aromatic N) is 2. The third kappa shape index (κ3) is 2.86. The van der Waals surface area contributed by atoms with Gasteiger partial charge in [0.1, 0.15) is 0 Å². The summed E-state index contributed by atoms with van der Waals surface area (Å²) >= 11 is 0. The maximum absolute atomic E-state index is 11.1. The number of hydrogen-bond donors (Lipinski definition) is 2. The van der Waals surface area contributed by atoms with E-state index in [0.717, 1.165) is 19.3 Å². The van der Waals surface area contributed by atoms with Gasteiger partial charge in [0.05, 0.1) is 6.04 Å². The summed E-state index contributed by atoms with van der Waals surface area (Å²) < 4.78 is 0. The number of aromatic nitrogens is 2. The number of aromatic carboxylic acids is 1. The fraction of sp³-hybridized carbons (Fsp3) is 0.312. The quantitative estimate of drug-likeness (QED) is 0.905. The van der Waals surface area contributed by atoms with E-state index in [9.17, 15) is 4.79 Å². The van der Waals surface area contributed by atoms with Crippen LogP contribution in [0.15, 0.2) is 30.3 Å². The summed E-state index contributed by atoms with van der Waals surface area (Å²) in [4.78, 5) is 19.5. The molecule has 0 aliphatic heterocycles. The predicted molar refractivity (Wildman–Crippen MR) is 79.5 cm³/mol. The van der Waals surface area contributed by atoms with Gasteiger partial charge in [0, 0.05) is 5.69 Å². The van der Waals surface area contributed by atoms with Crippen LogP contribution in [0.25, 0.3) is 0 Å². The van der Waals surface area contributed by atoms with E-state index in [2.05, 4.69) is 27.4 Å². The molecule has 0 radical (unpaired) electrons.